The minimum absolute atomic E-state index is 0.493. The third kappa shape index (κ3) is 2.84. The number of aryl methyl sites for hydroxylation is 1. The van der Waals surface area contributed by atoms with E-state index in [-0.39, 0.29) is 0 Å². The molecule has 0 aliphatic rings. The van der Waals surface area contributed by atoms with Gasteiger partial charge >= 0.3 is 0 Å². The highest BCUT2D eigenvalue weighted by molar-refractivity contribution is 5.76. The first-order valence-electron chi connectivity index (χ1n) is 7.75. The molecule has 0 amide bonds. The Morgan fingerprint density at radius 1 is 0.958 bits per heavy atom. The maximum absolute atomic E-state index is 5.48. The fourth-order valence-electron chi connectivity index (χ4n) is 2.67. The Kier molecular flexibility index (Phi) is 3.67. The van der Waals surface area contributed by atoms with E-state index >= 15 is 0 Å². The summed E-state index contributed by atoms with van der Waals surface area (Å²) in [5, 5.41) is 8.65. The van der Waals surface area contributed by atoms with Gasteiger partial charge in [0.25, 0.3) is 5.89 Å². The molecular formula is C19H16N4O. The van der Waals surface area contributed by atoms with Crippen LogP contribution in [0.1, 0.15) is 11.4 Å². The molecule has 0 unspecified atom stereocenters. The van der Waals surface area contributed by atoms with E-state index in [1.165, 1.54) is 0 Å². The Bertz CT molecular complexity index is 942. The average Bonchev–Trinajstić information content (AvgIpc) is 3.23. The summed E-state index contributed by atoms with van der Waals surface area (Å²) < 4.78 is 7.25. The first-order chi connectivity index (χ1) is 11.8. The number of rotatable bonds is 4. The smallest absolute Gasteiger partial charge is 0.261 e. The van der Waals surface area contributed by atoms with E-state index in [9.17, 15) is 0 Å². The van der Waals surface area contributed by atoms with Gasteiger partial charge < -0.3 is 4.52 Å². The van der Waals surface area contributed by atoms with Crippen molar-refractivity contribution in [3.63, 3.8) is 0 Å². The van der Waals surface area contributed by atoms with Crippen LogP contribution in [0.15, 0.2) is 71.4 Å². The van der Waals surface area contributed by atoms with Gasteiger partial charge in [-0.3, -0.25) is 4.68 Å². The lowest BCUT2D eigenvalue weighted by Crippen LogP contribution is -1.90. The standard InChI is InChI=1S/C19H16N4O/c1-23-13-16(18(21-23)15-10-6-3-7-11-15)19-20-17(22-24-19)12-14-8-4-2-5-9-14/h2-11,13H,12H2,1H3. The molecule has 2 aromatic heterocycles. The molecule has 0 atom stereocenters. The lowest BCUT2D eigenvalue weighted by atomic mass is 10.1. The molecule has 0 saturated heterocycles. The van der Waals surface area contributed by atoms with Gasteiger partial charge in [0.2, 0.25) is 0 Å². The Balaban J connectivity index is 1.68. The number of hydrogen-bond donors (Lipinski definition) is 0. The Labute approximate surface area is 139 Å². The van der Waals surface area contributed by atoms with Crippen molar-refractivity contribution in [2.45, 2.75) is 6.42 Å². The van der Waals surface area contributed by atoms with E-state index in [0.717, 1.165) is 22.4 Å². The Hall–Kier alpha value is -3.21. The summed E-state index contributed by atoms with van der Waals surface area (Å²) in [5.74, 6) is 1.16. The highest BCUT2D eigenvalue weighted by Crippen LogP contribution is 2.29. The van der Waals surface area contributed by atoms with Gasteiger partial charge in [-0.1, -0.05) is 65.8 Å². The minimum atomic E-state index is 0.493. The molecule has 0 N–H and O–H groups in total. The van der Waals surface area contributed by atoms with Crippen molar-refractivity contribution in [1.82, 2.24) is 19.9 Å². The molecule has 0 aliphatic carbocycles. The summed E-state index contributed by atoms with van der Waals surface area (Å²) in [7, 11) is 1.89. The first-order valence-corrected chi connectivity index (χ1v) is 7.75. The molecule has 5 nitrogen and oxygen atoms in total. The maximum atomic E-state index is 5.48. The van der Waals surface area contributed by atoms with E-state index < -0.39 is 0 Å². The van der Waals surface area contributed by atoms with Crippen molar-refractivity contribution in [3.05, 3.63) is 78.2 Å². The van der Waals surface area contributed by atoms with Crippen molar-refractivity contribution in [3.8, 4) is 22.7 Å². The van der Waals surface area contributed by atoms with Crippen LogP contribution < -0.4 is 0 Å². The van der Waals surface area contributed by atoms with Crippen molar-refractivity contribution < 1.29 is 4.52 Å². The van der Waals surface area contributed by atoms with Gasteiger partial charge in [0, 0.05) is 25.2 Å². The highest BCUT2D eigenvalue weighted by atomic mass is 16.5. The summed E-state index contributed by atoms with van der Waals surface area (Å²) in [6.07, 6.45) is 2.55. The zero-order valence-electron chi connectivity index (χ0n) is 13.3. The van der Waals surface area contributed by atoms with Gasteiger partial charge in [-0.2, -0.15) is 10.1 Å². The summed E-state index contributed by atoms with van der Waals surface area (Å²) in [5.41, 5.74) is 3.86. The van der Waals surface area contributed by atoms with Gasteiger partial charge in [-0.05, 0) is 5.56 Å². The molecule has 0 radical (unpaired) electrons. The third-order valence-electron chi connectivity index (χ3n) is 3.78. The summed E-state index contributed by atoms with van der Waals surface area (Å²) in [6.45, 7) is 0. The average molecular weight is 316 g/mol. The molecule has 0 aliphatic heterocycles. The van der Waals surface area contributed by atoms with Crippen LogP contribution in [0.5, 0.6) is 0 Å². The van der Waals surface area contributed by atoms with Crippen molar-refractivity contribution in [2.24, 2.45) is 7.05 Å². The number of hydrogen-bond acceptors (Lipinski definition) is 4. The molecule has 0 saturated carbocycles. The molecular weight excluding hydrogens is 300 g/mol. The lowest BCUT2D eigenvalue weighted by molar-refractivity contribution is 0.424. The predicted molar refractivity (Wildman–Crippen MR) is 91.2 cm³/mol. The monoisotopic (exact) mass is 316 g/mol. The summed E-state index contributed by atoms with van der Waals surface area (Å²) >= 11 is 0. The zero-order chi connectivity index (χ0) is 16.4. The normalized spacial score (nSPS) is 10.9. The third-order valence-corrected chi connectivity index (χ3v) is 3.78. The van der Waals surface area contributed by atoms with Gasteiger partial charge in [-0.15, -0.1) is 0 Å². The second kappa shape index (κ2) is 6.12. The number of nitrogens with zero attached hydrogens (tertiary/aromatic N) is 4. The van der Waals surface area contributed by atoms with Crippen LogP contribution in [0.4, 0.5) is 0 Å². The molecule has 24 heavy (non-hydrogen) atoms. The van der Waals surface area contributed by atoms with Gasteiger partial charge in [0.1, 0.15) is 5.69 Å². The van der Waals surface area contributed by atoms with Crippen molar-refractivity contribution >= 4 is 0 Å². The van der Waals surface area contributed by atoms with Crippen LogP contribution in [-0.4, -0.2) is 19.9 Å². The quantitative estimate of drug-likeness (QED) is 0.575. The molecule has 0 spiro atoms. The topological polar surface area (TPSA) is 56.7 Å². The fraction of sp³-hybridized carbons (Fsp3) is 0.105. The van der Waals surface area contributed by atoms with Crippen molar-refractivity contribution in [1.29, 1.82) is 0 Å². The fourth-order valence-corrected chi connectivity index (χ4v) is 2.67. The molecule has 0 fully saturated rings. The molecule has 0 bridgehead atoms. The Morgan fingerprint density at radius 2 is 1.67 bits per heavy atom. The lowest BCUT2D eigenvalue weighted by Gasteiger charge is -1.98. The number of aromatic nitrogens is 4. The maximum Gasteiger partial charge on any atom is 0.261 e. The first kappa shape index (κ1) is 14.4. The van der Waals surface area contributed by atoms with Crippen LogP contribution in [0.3, 0.4) is 0 Å². The second-order valence-electron chi connectivity index (χ2n) is 5.61. The van der Waals surface area contributed by atoms with Crippen LogP contribution >= 0.6 is 0 Å². The van der Waals surface area contributed by atoms with Gasteiger partial charge in [-0.25, -0.2) is 0 Å². The molecule has 2 heterocycles. The second-order valence-corrected chi connectivity index (χ2v) is 5.61. The summed E-state index contributed by atoms with van der Waals surface area (Å²) in [4.78, 5) is 4.54. The van der Waals surface area contributed by atoms with Gasteiger partial charge in [0.05, 0.1) is 5.56 Å². The van der Waals surface area contributed by atoms with Crippen molar-refractivity contribution in [2.75, 3.05) is 0 Å². The van der Waals surface area contributed by atoms with Gasteiger partial charge in [0.15, 0.2) is 5.82 Å². The van der Waals surface area contributed by atoms with Crippen LogP contribution in [-0.2, 0) is 13.5 Å². The molecule has 2 aromatic carbocycles. The van der Waals surface area contributed by atoms with Crippen LogP contribution in [0, 0.1) is 0 Å². The van der Waals surface area contributed by atoms with E-state index in [4.69, 9.17) is 4.52 Å². The largest absolute Gasteiger partial charge is 0.334 e. The Morgan fingerprint density at radius 3 is 2.42 bits per heavy atom. The predicted octanol–water partition coefficient (Wildman–Crippen LogP) is 3.73. The summed E-state index contributed by atoms with van der Waals surface area (Å²) in [6, 6.07) is 20.1. The van der Waals surface area contributed by atoms with E-state index in [0.29, 0.717) is 18.1 Å². The van der Waals surface area contributed by atoms with Crippen LogP contribution in [0.2, 0.25) is 0 Å². The highest BCUT2D eigenvalue weighted by Gasteiger charge is 2.18. The van der Waals surface area contributed by atoms with E-state index in [2.05, 4.69) is 27.4 Å². The minimum Gasteiger partial charge on any atom is -0.334 e. The number of benzene rings is 2. The van der Waals surface area contributed by atoms with E-state index in [1.54, 1.807) is 4.68 Å². The van der Waals surface area contributed by atoms with Crippen LogP contribution in [0.25, 0.3) is 22.7 Å². The van der Waals surface area contributed by atoms with E-state index in [1.807, 2.05) is 61.8 Å². The molecule has 118 valence electrons. The SMILES string of the molecule is Cn1cc(-c2nc(Cc3ccccc3)no2)c(-c2ccccc2)n1. The molecule has 4 aromatic rings. The molecule has 4 rings (SSSR count). The zero-order valence-corrected chi connectivity index (χ0v) is 13.3. The molecule has 5 heteroatoms.